The Labute approximate surface area is 126 Å². The molecule has 1 rings (SSSR count). The van der Waals surface area contributed by atoms with Gasteiger partial charge >= 0.3 is 0 Å². The number of hydrogen-bond donors (Lipinski definition) is 1. The lowest BCUT2D eigenvalue weighted by Gasteiger charge is -2.50. The van der Waals surface area contributed by atoms with Crippen molar-refractivity contribution in [2.24, 2.45) is 17.3 Å². The first kappa shape index (κ1) is 18.0. The summed E-state index contributed by atoms with van der Waals surface area (Å²) in [5.41, 5.74) is 0.370. The number of nitrogens with zero attached hydrogens (tertiary/aromatic N) is 1. The Bertz CT molecular complexity index is 285. The van der Waals surface area contributed by atoms with Gasteiger partial charge in [-0.15, -0.1) is 0 Å². The Kier molecular flexibility index (Phi) is 6.53. The fourth-order valence-corrected chi connectivity index (χ4v) is 3.82. The van der Waals surface area contributed by atoms with Crippen LogP contribution in [0.1, 0.15) is 74.1 Å². The van der Waals surface area contributed by atoms with E-state index in [1.807, 2.05) is 0 Å². The molecule has 0 bridgehead atoms. The van der Waals surface area contributed by atoms with Gasteiger partial charge in [0.15, 0.2) is 0 Å². The van der Waals surface area contributed by atoms with Crippen molar-refractivity contribution in [2.45, 2.75) is 92.3 Å². The van der Waals surface area contributed by atoms with Crippen LogP contribution in [0.25, 0.3) is 0 Å². The molecule has 2 heteroatoms. The first-order valence-corrected chi connectivity index (χ1v) is 8.62. The maximum atomic E-state index is 10.2. The highest BCUT2D eigenvalue weighted by molar-refractivity contribution is 4.94. The zero-order valence-electron chi connectivity index (χ0n) is 14.8. The number of aliphatic hydroxyl groups is 1. The van der Waals surface area contributed by atoms with Gasteiger partial charge in [-0.2, -0.15) is 0 Å². The molecular weight excluding hydrogens is 246 g/mol. The van der Waals surface area contributed by atoms with E-state index in [0.29, 0.717) is 29.3 Å². The van der Waals surface area contributed by atoms with Crippen LogP contribution in [0.5, 0.6) is 0 Å². The molecule has 0 aromatic carbocycles. The zero-order chi connectivity index (χ0) is 15.5. The van der Waals surface area contributed by atoms with Gasteiger partial charge in [0.05, 0.1) is 6.10 Å². The SMILES string of the molecule is CCC(C)(C)C1CCC(O)CC1N(CC(C)C)C(C)C. The molecule has 2 nitrogen and oxygen atoms in total. The standard InChI is InChI=1S/C18H37NO/c1-8-18(6,7)16-10-9-15(20)11-17(16)19(14(4)5)12-13(2)3/h13-17,20H,8-12H2,1-7H3. The Morgan fingerprint density at radius 3 is 2.20 bits per heavy atom. The highest BCUT2D eigenvalue weighted by atomic mass is 16.3. The molecule has 0 saturated heterocycles. The second-order valence-corrected chi connectivity index (χ2v) is 8.17. The first-order valence-electron chi connectivity index (χ1n) is 8.62. The van der Waals surface area contributed by atoms with Crippen LogP contribution in [-0.4, -0.2) is 34.7 Å². The van der Waals surface area contributed by atoms with E-state index < -0.39 is 0 Å². The summed E-state index contributed by atoms with van der Waals surface area (Å²) < 4.78 is 0. The average molecular weight is 284 g/mol. The molecule has 0 radical (unpaired) electrons. The van der Waals surface area contributed by atoms with E-state index >= 15 is 0 Å². The van der Waals surface area contributed by atoms with Crippen molar-refractivity contribution >= 4 is 0 Å². The summed E-state index contributed by atoms with van der Waals surface area (Å²) in [6.45, 7) is 17.5. The van der Waals surface area contributed by atoms with Crippen LogP contribution >= 0.6 is 0 Å². The first-order chi connectivity index (χ1) is 9.19. The molecule has 0 aromatic heterocycles. The predicted octanol–water partition coefficient (Wildman–Crippen LogP) is 4.32. The summed E-state index contributed by atoms with van der Waals surface area (Å²) in [5, 5.41) is 10.2. The van der Waals surface area contributed by atoms with Crippen LogP contribution in [0.4, 0.5) is 0 Å². The van der Waals surface area contributed by atoms with Gasteiger partial charge in [0, 0.05) is 18.6 Å². The second kappa shape index (κ2) is 7.26. The highest BCUT2D eigenvalue weighted by Gasteiger charge is 2.41. The maximum absolute atomic E-state index is 10.2. The molecule has 1 aliphatic rings. The molecule has 3 unspecified atom stereocenters. The van der Waals surface area contributed by atoms with Crippen molar-refractivity contribution in [1.29, 1.82) is 0 Å². The molecule has 1 saturated carbocycles. The maximum Gasteiger partial charge on any atom is 0.0555 e. The van der Waals surface area contributed by atoms with Crippen molar-refractivity contribution in [2.75, 3.05) is 6.54 Å². The van der Waals surface area contributed by atoms with E-state index in [1.165, 1.54) is 12.8 Å². The Balaban J connectivity index is 2.97. The lowest BCUT2D eigenvalue weighted by molar-refractivity contribution is -0.0332. The van der Waals surface area contributed by atoms with Gasteiger partial charge in [0.1, 0.15) is 0 Å². The van der Waals surface area contributed by atoms with Crippen LogP contribution in [0.2, 0.25) is 0 Å². The lowest BCUT2D eigenvalue weighted by Crippen LogP contribution is -2.53. The van der Waals surface area contributed by atoms with Crippen LogP contribution in [0.15, 0.2) is 0 Å². The van der Waals surface area contributed by atoms with E-state index in [9.17, 15) is 5.11 Å². The molecule has 1 aliphatic carbocycles. The summed E-state index contributed by atoms with van der Waals surface area (Å²) >= 11 is 0. The van der Waals surface area contributed by atoms with Crippen LogP contribution in [0.3, 0.4) is 0 Å². The summed E-state index contributed by atoms with van der Waals surface area (Å²) in [7, 11) is 0. The number of aliphatic hydroxyl groups excluding tert-OH is 1. The average Bonchev–Trinajstić information content (AvgIpc) is 2.35. The summed E-state index contributed by atoms with van der Waals surface area (Å²) in [6, 6.07) is 1.10. The predicted molar refractivity (Wildman–Crippen MR) is 87.9 cm³/mol. The van der Waals surface area contributed by atoms with Gasteiger partial charge in [0.2, 0.25) is 0 Å². The van der Waals surface area contributed by atoms with Gasteiger partial charge in [-0.05, 0) is 50.4 Å². The van der Waals surface area contributed by atoms with E-state index in [0.717, 1.165) is 19.4 Å². The fourth-order valence-electron chi connectivity index (χ4n) is 3.82. The lowest BCUT2D eigenvalue weighted by atomic mass is 9.66. The van der Waals surface area contributed by atoms with Gasteiger partial charge in [-0.25, -0.2) is 0 Å². The van der Waals surface area contributed by atoms with Crippen LogP contribution in [0, 0.1) is 17.3 Å². The van der Waals surface area contributed by atoms with Crippen LogP contribution < -0.4 is 0 Å². The third-order valence-corrected chi connectivity index (χ3v) is 5.37. The highest BCUT2D eigenvalue weighted by Crippen LogP contribution is 2.43. The van der Waals surface area contributed by atoms with Crippen molar-refractivity contribution in [3.8, 4) is 0 Å². The minimum absolute atomic E-state index is 0.0997. The molecule has 0 heterocycles. The molecular formula is C18H37NO. The molecule has 0 aliphatic heterocycles. The topological polar surface area (TPSA) is 23.5 Å². The largest absolute Gasteiger partial charge is 0.393 e. The van der Waals surface area contributed by atoms with Gasteiger partial charge < -0.3 is 5.11 Å². The zero-order valence-corrected chi connectivity index (χ0v) is 14.8. The molecule has 120 valence electrons. The molecule has 1 N–H and O–H groups in total. The number of rotatable bonds is 6. The molecule has 0 aromatic rings. The van der Waals surface area contributed by atoms with Gasteiger partial charge in [-0.1, -0.05) is 41.0 Å². The van der Waals surface area contributed by atoms with Crippen LogP contribution in [-0.2, 0) is 0 Å². The van der Waals surface area contributed by atoms with Crippen molar-refractivity contribution in [3.05, 3.63) is 0 Å². The van der Waals surface area contributed by atoms with Gasteiger partial charge in [-0.3, -0.25) is 4.90 Å². The molecule has 20 heavy (non-hydrogen) atoms. The summed E-state index contributed by atoms with van der Waals surface area (Å²) in [5.74, 6) is 1.39. The minimum atomic E-state index is -0.0997. The minimum Gasteiger partial charge on any atom is -0.393 e. The third kappa shape index (κ3) is 4.46. The molecule has 3 atom stereocenters. The fraction of sp³-hybridized carbons (Fsp3) is 1.00. The monoisotopic (exact) mass is 283 g/mol. The van der Waals surface area contributed by atoms with Gasteiger partial charge in [0.25, 0.3) is 0 Å². The summed E-state index contributed by atoms with van der Waals surface area (Å²) in [6.07, 6.45) is 4.24. The van der Waals surface area contributed by atoms with E-state index in [1.54, 1.807) is 0 Å². The number of hydrogen-bond acceptors (Lipinski definition) is 2. The Morgan fingerprint density at radius 1 is 1.15 bits per heavy atom. The van der Waals surface area contributed by atoms with E-state index in [-0.39, 0.29) is 6.10 Å². The quantitative estimate of drug-likeness (QED) is 0.785. The molecule has 0 spiro atoms. The van der Waals surface area contributed by atoms with E-state index in [2.05, 4.69) is 53.4 Å². The molecule has 1 fully saturated rings. The Hall–Kier alpha value is -0.0800. The normalized spacial score (nSPS) is 28.6. The van der Waals surface area contributed by atoms with Crippen molar-refractivity contribution in [3.63, 3.8) is 0 Å². The van der Waals surface area contributed by atoms with Crippen molar-refractivity contribution in [1.82, 2.24) is 4.90 Å². The second-order valence-electron chi connectivity index (χ2n) is 8.17. The smallest absolute Gasteiger partial charge is 0.0555 e. The third-order valence-electron chi connectivity index (χ3n) is 5.37. The molecule has 0 amide bonds. The van der Waals surface area contributed by atoms with Crippen molar-refractivity contribution < 1.29 is 5.11 Å². The van der Waals surface area contributed by atoms with E-state index in [4.69, 9.17) is 0 Å². The Morgan fingerprint density at radius 2 is 1.75 bits per heavy atom. The summed E-state index contributed by atoms with van der Waals surface area (Å²) in [4.78, 5) is 2.66.